The number of hydrogen-bond acceptors (Lipinski definition) is 3. The Morgan fingerprint density at radius 3 is 2.85 bits per heavy atom. The highest BCUT2D eigenvalue weighted by atomic mass is 35.5. The van der Waals surface area contributed by atoms with Crippen LogP contribution in [-0.4, -0.2) is 30.9 Å². The molecule has 0 aromatic carbocycles. The van der Waals surface area contributed by atoms with E-state index >= 15 is 0 Å². The van der Waals surface area contributed by atoms with E-state index in [4.69, 9.17) is 4.42 Å². The fourth-order valence-corrected chi connectivity index (χ4v) is 2.73. The zero-order chi connectivity index (χ0) is 13.8. The van der Waals surface area contributed by atoms with E-state index in [9.17, 15) is 4.79 Å². The third kappa shape index (κ3) is 3.76. The average molecular weight is 301 g/mol. The number of furan rings is 1. The maximum Gasteiger partial charge on any atom is 0.237 e. The molecule has 1 aromatic rings. The lowest BCUT2D eigenvalue weighted by Crippen LogP contribution is -2.44. The Hall–Kier alpha value is -1.00. The van der Waals surface area contributed by atoms with Gasteiger partial charge in [0.25, 0.3) is 0 Å². The molecular weight excluding hydrogens is 276 g/mol. The summed E-state index contributed by atoms with van der Waals surface area (Å²) in [6.07, 6.45) is 2.96. The van der Waals surface area contributed by atoms with Crippen LogP contribution in [0.5, 0.6) is 0 Å². The quantitative estimate of drug-likeness (QED) is 0.930. The number of carbonyl (C=O) groups excluding carboxylic acids is 1. The molecule has 0 radical (unpaired) electrons. The van der Waals surface area contributed by atoms with Crippen LogP contribution in [0.25, 0.3) is 0 Å². The minimum absolute atomic E-state index is 0. The predicted molar refractivity (Wildman–Crippen MR) is 82.1 cm³/mol. The van der Waals surface area contributed by atoms with E-state index in [2.05, 4.69) is 19.2 Å². The Kier molecular flexibility index (Phi) is 6.56. The van der Waals surface area contributed by atoms with Gasteiger partial charge in [-0.15, -0.1) is 12.4 Å². The first-order valence-electron chi connectivity index (χ1n) is 7.18. The Bertz CT molecular complexity index is 433. The Labute approximate surface area is 127 Å². The number of likely N-dealkylation sites (N-methyl/N-ethyl adjacent to an activating group) is 1. The molecule has 0 aliphatic carbocycles. The van der Waals surface area contributed by atoms with E-state index in [1.54, 1.807) is 0 Å². The van der Waals surface area contributed by atoms with Crippen LogP contribution in [0.2, 0.25) is 0 Å². The lowest BCUT2D eigenvalue weighted by atomic mass is 9.91. The van der Waals surface area contributed by atoms with Crippen LogP contribution in [0.4, 0.5) is 0 Å². The SMILES string of the molecule is CCc1ccc(C2CC(C)CCN2C(=O)CNC)o1.Cl. The van der Waals surface area contributed by atoms with Gasteiger partial charge in [0.1, 0.15) is 11.5 Å². The number of carbonyl (C=O) groups is 1. The maximum absolute atomic E-state index is 12.2. The summed E-state index contributed by atoms with van der Waals surface area (Å²) in [4.78, 5) is 14.2. The number of nitrogens with one attached hydrogen (secondary N) is 1. The van der Waals surface area contributed by atoms with Gasteiger partial charge in [0, 0.05) is 13.0 Å². The highest BCUT2D eigenvalue weighted by Crippen LogP contribution is 2.34. The monoisotopic (exact) mass is 300 g/mol. The molecule has 1 saturated heterocycles. The maximum atomic E-state index is 12.2. The molecule has 1 aromatic heterocycles. The molecular formula is C15H25ClN2O2. The molecule has 0 spiro atoms. The second kappa shape index (κ2) is 7.70. The number of rotatable bonds is 4. The molecule has 2 unspecified atom stereocenters. The first-order chi connectivity index (χ1) is 9.15. The summed E-state index contributed by atoms with van der Waals surface area (Å²) in [6, 6.07) is 4.15. The van der Waals surface area contributed by atoms with Gasteiger partial charge in [-0.2, -0.15) is 0 Å². The first kappa shape index (κ1) is 17.1. The van der Waals surface area contributed by atoms with Gasteiger partial charge in [-0.3, -0.25) is 4.79 Å². The van der Waals surface area contributed by atoms with Crippen molar-refractivity contribution in [3.8, 4) is 0 Å². The van der Waals surface area contributed by atoms with Crippen molar-refractivity contribution in [2.45, 2.75) is 39.2 Å². The average Bonchev–Trinajstić information content (AvgIpc) is 2.87. The third-order valence-corrected chi connectivity index (χ3v) is 3.87. The highest BCUT2D eigenvalue weighted by molar-refractivity contribution is 5.85. The van der Waals surface area contributed by atoms with E-state index in [1.165, 1.54) is 0 Å². The summed E-state index contributed by atoms with van der Waals surface area (Å²) in [5.74, 6) is 2.73. The van der Waals surface area contributed by atoms with E-state index in [-0.39, 0.29) is 24.4 Å². The molecule has 0 bridgehead atoms. The van der Waals surface area contributed by atoms with Crippen molar-refractivity contribution in [1.82, 2.24) is 10.2 Å². The van der Waals surface area contributed by atoms with E-state index in [1.807, 2.05) is 24.1 Å². The zero-order valence-electron chi connectivity index (χ0n) is 12.5. The standard InChI is InChI=1S/C15H24N2O2.ClH/c1-4-12-5-6-14(19-12)13-9-11(2)7-8-17(13)15(18)10-16-3;/h5-6,11,13,16H,4,7-10H2,1-3H3;1H. The molecule has 2 heterocycles. The van der Waals surface area contributed by atoms with Crippen molar-refractivity contribution < 1.29 is 9.21 Å². The van der Waals surface area contributed by atoms with Gasteiger partial charge in [0.15, 0.2) is 0 Å². The third-order valence-electron chi connectivity index (χ3n) is 3.87. The molecule has 20 heavy (non-hydrogen) atoms. The smallest absolute Gasteiger partial charge is 0.237 e. The van der Waals surface area contributed by atoms with Crippen LogP contribution < -0.4 is 5.32 Å². The number of likely N-dealkylation sites (tertiary alicyclic amines) is 1. The van der Waals surface area contributed by atoms with Crippen LogP contribution in [0, 0.1) is 5.92 Å². The molecule has 0 saturated carbocycles. The molecule has 114 valence electrons. The molecule has 4 nitrogen and oxygen atoms in total. The summed E-state index contributed by atoms with van der Waals surface area (Å²) in [6.45, 7) is 5.55. The van der Waals surface area contributed by atoms with E-state index in [0.717, 1.165) is 37.3 Å². The summed E-state index contributed by atoms with van der Waals surface area (Å²) in [7, 11) is 1.81. The summed E-state index contributed by atoms with van der Waals surface area (Å²) in [5, 5.41) is 2.94. The number of piperidine rings is 1. The van der Waals surface area contributed by atoms with Gasteiger partial charge >= 0.3 is 0 Å². The van der Waals surface area contributed by atoms with Crippen molar-refractivity contribution in [3.05, 3.63) is 23.7 Å². The molecule has 5 heteroatoms. The van der Waals surface area contributed by atoms with Gasteiger partial charge in [0.05, 0.1) is 12.6 Å². The largest absolute Gasteiger partial charge is 0.464 e. The normalized spacial score (nSPS) is 22.4. The lowest BCUT2D eigenvalue weighted by Gasteiger charge is -2.37. The summed E-state index contributed by atoms with van der Waals surface area (Å²) >= 11 is 0. The van der Waals surface area contributed by atoms with Crippen LogP contribution >= 0.6 is 12.4 Å². The van der Waals surface area contributed by atoms with Crippen LogP contribution in [-0.2, 0) is 11.2 Å². The van der Waals surface area contributed by atoms with Gasteiger partial charge in [0.2, 0.25) is 5.91 Å². The van der Waals surface area contributed by atoms with Crippen molar-refractivity contribution in [1.29, 1.82) is 0 Å². The second-order valence-corrected chi connectivity index (χ2v) is 5.42. The van der Waals surface area contributed by atoms with Crippen LogP contribution in [0.15, 0.2) is 16.5 Å². The second-order valence-electron chi connectivity index (χ2n) is 5.42. The Balaban J connectivity index is 0.00000200. The highest BCUT2D eigenvalue weighted by Gasteiger charge is 2.32. The number of hydrogen-bond donors (Lipinski definition) is 1. The number of amides is 1. The molecule has 2 rings (SSSR count). The topological polar surface area (TPSA) is 45.5 Å². The van der Waals surface area contributed by atoms with Gasteiger partial charge in [-0.05, 0) is 37.9 Å². The number of halogens is 1. The van der Waals surface area contributed by atoms with Crippen LogP contribution in [0.3, 0.4) is 0 Å². The van der Waals surface area contributed by atoms with Crippen molar-refractivity contribution in [2.75, 3.05) is 20.1 Å². The van der Waals surface area contributed by atoms with Crippen molar-refractivity contribution in [3.63, 3.8) is 0 Å². The number of aryl methyl sites for hydroxylation is 1. The minimum Gasteiger partial charge on any atom is -0.464 e. The Morgan fingerprint density at radius 2 is 2.25 bits per heavy atom. The van der Waals surface area contributed by atoms with Gasteiger partial charge < -0.3 is 14.6 Å². The molecule has 1 aliphatic rings. The molecule has 1 N–H and O–H groups in total. The number of nitrogens with zero attached hydrogens (tertiary/aromatic N) is 1. The van der Waals surface area contributed by atoms with Gasteiger partial charge in [-0.25, -0.2) is 0 Å². The first-order valence-corrected chi connectivity index (χ1v) is 7.18. The fourth-order valence-electron chi connectivity index (χ4n) is 2.73. The van der Waals surface area contributed by atoms with E-state index < -0.39 is 0 Å². The summed E-state index contributed by atoms with van der Waals surface area (Å²) < 4.78 is 5.86. The molecule has 1 amide bonds. The molecule has 2 atom stereocenters. The summed E-state index contributed by atoms with van der Waals surface area (Å²) in [5.41, 5.74) is 0. The zero-order valence-corrected chi connectivity index (χ0v) is 13.3. The van der Waals surface area contributed by atoms with Crippen molar-refractivity contribution >= 4 is 18.3 Å². The lowest BCUT2D eigenvalue weighted by molar-refractivity contribution is -0.135. The van der Waals surface area contributed by atoms with E-state index in [0.29, 0.717) is 12.5 Å². The predicted octanol–water partition coefficient (Wildman–Crippen LogP) is 2.78. The molecule has 1 fully saturated rings. The van der Waals surface area contributed by atoms with Crippen LogP contribution in [0.1, 0.15) is 44.3 Å². The minimum atomic E-state index is 0. The van der Waals surface area contributed by atoms with Gasteiger partial charge in [-0.1, -0.05) is 13.8 Å². The Morgan fingerprint density at radius 1 is 1.50 bits per heavy atom. The molecule has 1 aliphatic heterocycles. The fraction of sp³-hybridized carbons (Fsp3) is 0.667. The van der Waals surface area contributed by atoms with Crippen molar-refractivity contribution in [2.24, 2.45) is 5.92 Å².